The summed E-state index contributed by atoms with van der Waals surface area (Å²) in [6.45, 7) is 1.30. The number of rotatable bonds is 9. The van der Waals surface area contributed by atoms with Crippen LogP contribution in [0.5, 0.6) is 5.75 Å². The van der Waals surface area contributed by atoms with Gasteiger partial charge < -0.3 is 24.3 Å². The number of aromatic nitrogens is 2. The van der Waals surface area contributed by atoms with Gasteiger partial charge in [-0.25, -0.2) is 19.1 Å². The van der Waals surface area contributed by atoms with Gasteiger partial charge in [0.25, 0.3) is 5.91 Å². The molecule has 0 saturated heterocycles. The third-order valence-corrected chi connectivity index (χ3v) is 4.59. The Morgan fingerprint density at radius 1 is 0.914 bits per heavy atom. The number of nitrogens with zero attached hydrogens (tertiary/aromatic N) is 2. The first-order valence-electron chi connectivity index (χ1n) is 10.4. The fraction of sp³-hybridized carbons (Fsp3) is 0.208. The lowest BCUT2D eigenvalue weighted by atomic mass is 10.1. The molecule has 0 aliphatic rings. The van der Waals surface area contributed by atoms with Gasteiger partial charge in [-0.1, -0.05) is 18.2 Å². The number of ether oxygens (including phenoxy) is 4. The maximum absolute atomic E-state index is 12.6. The number of methoxy groups -OCH3 is 2. The number of benzene rings is 2. The molecule has 0 atom stereocenters. The van der Waals surface area contributed by atoms with E-state index < -0.39 is 30.4 Å². The smallest absolute Gasteiger partial charge is 0.362 e. The van der Waals surface area contributed by atoms with E-state index in [0.29, 0.717) is 5.69 Å². The first-order chi connectivity index (χ1) is 16.9. The summed E-state index contributed by atoms with van der Waals surface area (Å²) >= 11 is 0. The molecule has 3 rings (SSSR count). The molecule has 11 nitrogen and oxygen atoms in total. The summed E-state index contributed by atoms with van der Waals surface area (Å²) < 4.78 is 21.4. The lowest BCUT2D eigenvalue weighted by molar-refractivity contribution is -0.118. The van der Waals surface area contributed by atoms with Crippen LogP contribution in [0.25, 0.3) is 5.69 Å². The number of anilines is 1. The molecule has 11 heteroatoms. The lowest BCUT2D eigenvalue weighted by Gasteiger charge is -2.10. The van der Waals surface area contributed by atoms with Crippen molar-refractivity contribution in [1.82, 2.24) is 9.78 Å². The lowest BCUT2D eigenvalue weighted by Crippen LogP contribution is -2.21. The molecule has 1 amide bonds. The van der Waals surface area contributed by atoms with Crippen LogP contribution in [-0.4, -0.2) is 61.0 Å². The van der Waals surface area contributed by atoms with Crippen LogP contribution >= 0.6 is 0 Å². The molecule has 0 unspecified atom stereocenters. The Morgan fingerprint density at radius 2 is 1.54 bits per heavy atom. The van der Waals surface area contributed by atoms with Crippen molar-refractivity contribution in [2.24, 2.45) is 0 Å². The highest BCUT2D eigenvalue weighted by atomic mass is 16.5. The Bertz CT molecular complexity index is 1200. The highest BCUT2D eigenvalue weighted by molar-refractivity contribution is 5.99. The summed E-state index contributed by atoms with van der Waals surface area (Å²) in [4.78, 5) is 48.8. The molecule has 0 radical (unpaired) electrons. The van der Waals surface area contributed by atoms with Gasteiger partial charge in [-0.05, 0) is 37.3 Å². The van der Waals surface area contributed by atoms with E-state index in [4.69, 9.17) is 9.47 Å². The zero-order valence-electron chi connectivity index (χ0n) is 19.3. The molecule has 1 N–H and O–H groups in total. The van der Waals surface area contributed by atoms with Gasteiger partial charge in [-0.15, -0.1) is 0 Å². The molecular formula is C24H23N3O8. The average molecular weight is 481 g/mol. The van der Waals surface area contributed by atoms with Gasteiger partial charge in [-0.3, -0.25) is 4.79 Å². The molecule has 0 aliphatic heterocycles. The van der Waals surface area contributed by atoms with Crippen LogP contribution in [0.15, 0.2) is 54.7 Å². The van der Waals surface area contributed by atoms with Crippen molar-refractivity contribution < 1.29 is 38.1 Å². The Morgan fingerprint density at radius 3 is 2.11 bits per heavy atom. The molecule has 0 bridgehead atoms. The Labute approximate surface area is 200 Å². The third kappa shape index (κ3) is 6.22. The fourth-order valence-corrected chi connectivity index (χ4v) is 3.03. The summed E-state index contributed by atoms with van der Waals surface area (Å²) in [7, 11) is 2.38. The molecule has 2 aromatic carbocycles. The van der Waals surface area contributed by atoms with Gasteiger partial charge in [-0.2, -0.15) is 5.10 Å². The molecule has 0 spiro atoms. The summed E-state index contributed by atoms with van der Waals surface area (Å²) in [6, 6.07) is 13.0. The normalized spacial score (nSPS) is 10.3. The second-order valence-corrected chi connectivity index (χ2v) is 6.96. The van der Waals surface area contributed by atoms with Gasteiger partial charge in [0.1, 0.15) is 0 Å². The summed E-state index contributed by atoms with van der Waals surface area (Å²) in [5.41, 5.74) is 0.810. The molecule has 0 fully saturated rings. The molecule has 35 heavy (non-hydrogen) atoms. The van der Waals surface area contributed by atoms with Crippen LogP contribution in [-0.2, 0) is 19.0 Å². The van der Waals surface area contributed by atoms with E-state index in [1.54, 1.807) is 31.2 Å². The first-order valence-corrected chi connectivity index (χ1v) is 10.4. The van der Waals surface area contributed by atoms with E-state index in [2.05, 4.69) is 19.9 Å². The van der Waals surface area contributed by atoms with Crippen molar-refractivity contribution in [2.75, 3.05) is 32.8 Å². The molecule has 1 aromatic heterocycles. The van der Waals surface area contributed by atoms with E-state index in [1.807, 2.05) is 6.07 Å². The Hall–Kier alpha value is -4.67. The number of hydrogen-bond acceptors (Lipinski definition) is 9. The predicted octanol–water partition coefficient (Wildman–Crippen LogP) is 2.64. The van der Waals surface area contributed by atoms with Crippen LogP contribution in [0.4, 0.5) is 5.69 Å². The van der Waals surface area contributed by atoms with Gasteiger partial charge >= 0.3 is 17.9 Å². The standard InChI is InChI=1S/C24H23N3O8/c1-4-34-24(31)21-19(13-27(26-21)18-8-6-5-7-9-18)35-14-20(28)25-17-11-15(22(29)32-2)10-16(12-17)23(30)33-3/h5-13H,4,14H2,1-3H3,(H,25,28). The van der Waals surface area contributed by atoms with E-state index in [0.717, 1.165) is 0 Å². The first kappa shape index (κ1) is 25.0. The van der Waals surface area contributed by atoms with Gasteiger partial charge in [0.05, 0.1) is 43.8 Å². The minimum Gasteiger partial charge on any atom is -0.480 e. The monoisotopic (exact) mass is 481 g/mol. The predicted molar refractivity (Wildman–Crippen MR) is 123 cm³/mol. The topological polar surface area (TPSA) is 135 Å². The maximum atomic E-state index is 12.6. The zero-order valence-corrected chi connectivity index (χ0v) is 19.3. The van der Waals surface area contributed by atoms with Crippen LogP contribution < -0.4 is 10.1 Å². The minimum absolute atomic E-state index is 0.0420. The van der Waals surface area contributed by atoms with E-state index in [1.165, 1.54) is 43.3 Å². The van der Waals surface area contributed by atoms with Gasteiger partial charge in [0.2, 0.25) is 5.69 Å². The summed E-state index contributed by atoms with van der Waals surface area (Å²) in [5, 5.41) is 6.76. The van der Waals surface area contributed by atoms with Gasteiger partial charge in [0, 0.05) is 5.69 Å². The van der Waals surface area contributed by atoms with Crippen molar-refractivity contribution in [1.29, 1.82) is 0 Å². The highest BCUT2D eigenvalue weighted by Crippen LogP contribution is 2.22. The maximum Gasteiger partial charge on any atom is 0.362 e. The molecule has 182 valence electrons. The molecular weight excluding hydrogens is 458 g/mol. The van der Waals surface area contributed by atoms with Crippen molar-refractivity contribution in [2.45, 2.75) is 6.92 Å². The summed E-state index contributed by atoms with van der Waals surface area (Å²) in [5.74, 6) is -2.68. The number of para-hydroxylation sites is 1. The van der Waals surface area contributed by atoms with Crippen molar-refractivity contribution in [3.05, 3.63) is 71.5 Å². The second kappa shape index (κ2) is 11.5. The van der Waals surface area contributed by atoms with Crippen LogP contribution in [0, 0.1) is 0 Å². The van der Waals surface area contributed by atoms with Gasteiger partial charge in [0.15, 0.2) is 12.4 Å². The molecule has 1 heterocycles. The minimum atomic E-state index is -0.703. The third-order valence-electron chi connectivity index (χ3n) is 4.59. The molecule has 0 aliphatic carbocycles. The number of esters is 3. The number of hydrogen-bond donors (Lipinski definition) is 1. The zero-order chi connectivity index (χ0) is 25.4. The largest absolute Gasteiger partial charge is 0.480 e. The van der Waals surface area contributed by atoms with Crippen molar-refractivity contribution in [3.63, 3.8) is 0 Å². The van der Waals surface area contributed by atoms with Crippen LogP contribution in [0.2, 0.25) is 0 Å². The quantitative estimate of drug-likeness (QED) is 0.361. The molecule has 0 saturated carbocycles. The number of carbonyl (C=O) groups excluding carboxylic acids is 4. The second-order valence-electron chi connectivity index (χ2n) is 6.96. The van der Waals surface area contributed by atoms with E-state index in [9.17, 15) is 19.2 Å². The van der Waals surface area contributed by atoms with E-state index >= 15 is 0 Å². The molecule has 3 aromatic rings. The Kier molecular flexibility index (Phi) is 8.17. The fourth-order valence-electron chi connectivity index (χ4n) is 3.03. The van der Waals surface area contributed by atoms with Crippen LogP contribution in [0.1, 0.15) is 38.1 Å². The number of amides is 1. The SMILES string of the molecule is CCOC(=O)c1nn(-c2ccccc2)cc1OCC(=O)Nc1cc(C(=O)OC)cc(C(=O)OC)c1. The van der Waals surface area contributed by atoms with Crippen molar-refractivity contribution in [3.8, 4) is 11.4 Å². The highest BCUT2D eigenvalue weighted by Gasteiger charge is 2.21. The average Bonchev–Trinajstić information content (AvgIpc) is 3.31. The Balaban J connectivity index is 1.79. The number of nitrogens with one attached hydrogen (secondary N) is 1. The number of carbonyl (C=O) groups is 4. The van der Waals surface area contributed by atoms with Crippen molar-refractivity contribution >= 4 is 29.5 Å². The van der Waals surface area contributed by atoms with E-state index in [-0.39, 0.29) is 34.9 Å². The summed E-state index contributed by atoms with van der Waals surface area (Å²) in [6.07, 6.45) is 1.46. The van der Waals surface area contributed by atoms with Crippen LogP contribution in [0.3, 0.4) is 0 Å².